The van der Waals surface area contributed by atoms with Gasteiger partial charge in [-0.2, -0.15) is 0 Å². The van der Waals surface area contributed by atoms with Crippen LogP contribution in [0.5, 0.6) is 0 Å². The van der Waals surface area contributed by atoms with Crippen LogP contribution in [0.15, 0.2) is 0 Å². The largest absolute Gasteiger partial charge is 0.124 e. The molecule has 0 bridgehead atoms. The van der Waals surface area contributed by atoms with Gasteiger partial charge in [-0.25, -0.2) is 0 Å². The molecule has 0 amide bonds. The maximum Gasteiger partial charge on any atom is 0.124 e. The number of rotatable bonds is 0. The Morgan fingerprint density at radius 1 is 0.923 bits per heavy atom. The van der Waals surface area contributed by atoms with Crippen molar-refractivity contribution in [2.45, 2.75) is 22.0 Å². The Morgan fingerprint density at radius 2 is 1.31 bits per heavy atom. The summed E-state index contributed by atoms with van der Waals surface area (Å²) < 4.78 is -0.951. The van der Waals surface area contributed by atoms with Crippen LogP contribution < -0.4 is 0 Å². The highest BCUT2D eigenvalue weighted by Gasteiger charge is 2.79. The molecule has 4 heteroatoms. The van der Waals surface area contributed by atoms with Crippen molar-refractivity contribution in [2.75, 3.05) is 0 Å². The molecule has 4 atom stereocenters. The van der Waals surface area contributed by atoms with E-state index in [0.29, 0.717) is 29.6 Å². The van der Waals surface area contributed by atoms with Gasteiger partial charge >= 0.3 is 0 Å². The molecule has 0 nitrogen and oxygen atoms in total. The zero-order valence-corrected chi connectivity index (χ0v) is 10.1. The van der Waals surface area contributed by atoms with Gasteiger partial charge < -0.3 is 0 Å². The van der Waals surface area contributed by atoms with E-state index in [4.69, 9.17) is 46.4 Å². The van der Waals surface area contributed by atoms with E-state index < -0.39 is 8.67 Å². The van der Waals surface area contributed by atoms with Gasteiger partial charge in [-0.1, -0.05) is 6.92 Å². The summed E-state index contributed by atoms with van der Waals surface area (Å²) in [4.78, 5) is 0. The molecule has 13 heavy (non-hydrogen) atoms. The number of fused-ring (bicyclic) bond motifs is 2. The molecule has 3 aliphatic rings. The smallest absolute Gasteiger partial charge is 0.101 e. The minimum absolute atomic E-state index is 0.427. The highest BCUT2D eigenvalue weighted by Crippen LogP contribution is 2.79. The fourth-order valence-electron chi connectivity index (χ4n) is 3.37. The van der Waals surface area contributed by atoms with Gasteiger partial charge in [0.05, 0.1) is 0 Å². The Morgan fingerprint density at radius 3 is 1.69 bits per heavy atom. The van der Waals surface area contributed by atoms with Gasteiger partial charge in [0.15, 0.2) is 0 Å². The molecule has 0 radical (unpaired) electrons. The molecule has 0 saturated heterocycles. The first-order valence-electron chi connectivity index (χ1n) is 4.64. The fraction of sp³-hybridized carbons (Fsp3) is 1.00. The van der Waals surface area contributed by atoms with Crippen LogP contribution >= 0.6 is 46.4 Å². The van der Waals surface area contributed by atoms with E-state index >= 15 is 0 Å². The van der Waals surface area contributed by atoms with Gasteiger partial charge in [0.1, 0.15) is 8.67 Å². The van der Waals surface area contributed by atoms with Crippen LogP contribution in [0.1, 0.15) is 13.3 Å². The lowest BCUT2D eigenvalue weighted by Gasteiger charge is -2.13. The average molecular weight is 260 g/mol. The Balaban J connectivity index is 1.87. The third kappa shape index (κ3) is 0.967. The minimum Gasteiger partial charge on any atom is -0.101 e. The van der Waals surface area contributed by atoms with Crippen molar-refractivity contribution in [3.05, 3.63) is 0 Å². The SMILES string of the molecule is CC1C2C(CC3C1C3(Cl)Cl)C2(Cl)Cl. The molecule has 3 aliphatic carbocycles. The summed E-state index contributed by atoms with van der Waals surface area (Å²) in [6, 6.07) is 0. The topological polar surface area (TPSA) is 0 Å². The molecular weight excluding hydrogens is 250 g/mol. The van der Waals surface area contributed by atoms with Gasteiger partial charge in [-0.15, -0.1) is 46.4 Å². The zero-order valence-electron chi connectivity index (χ0n) is 7.11. The van der Waals surface area contributed by atoms with Crippen molar-refractivity contribution in [3.8, 4) is 0 Å². The quantitative estimate of drug-likeness (QED) is 0.580. The molecule has 0 spiro atoms. The lowest BCUT2D eigenvalue weighted by Crippen LogP contribution is -2.11. The van der Waals surface area contributed by atoms with Crippen molar-refractivity contribution >= 4 is 46.4 Å². The molecule has 74 valence electrons. The number of hydrogen-bond donors (Lipinski definition) is 0. The highest BCUT2D eigenvalue weighted by molar-refractivity contribution is 6.52. The van der Waals surface area contributed by atoms with Crippen LogP contribution in [0.2, 0.25) is 0 Å². The summed E-state index contributed by atoms with van der Waals surface area (Å²) in [7, 11) is 0. The average Bonchev–Trinajstić information content (AvgIpc) is 2.72. The molecule has 0 aliphatic heterocycles. The molecule has 0 aromatic heterocycles. The molecule has 3 fully saturated rings. The number of alkyl halides is 4. The number of halogens is 4. The van der Waals surface area contributed by atoms with Crippen molar-refractivity contribution in [1.82, 2.24) is 0 Å². The van der Waals surface area contributed by atoms with Gasteiger partial charge in [-0.3, -0.25) is 0 Å². The maximum absolute atomic E-state index is 6.17. The fourth-order valence-corrected chi connectivity index (χ4v) is 5.42. The molecule has 3 rings (SSSR count). The van der Waals surface area contributed by atoms with Gasteiger partial charge in [0.2, 0.25) is 0 Å². The molecule has 4 unspecified atom stereocenters. The third-order valence-corrected chi connectivity index (χ3v) is 6.30. The van der Waals surface area contributed by atoms with E-state index in [0.717, 1.165) is 6.42 Å². The van der Waals surface area contributed by atoms with Crippen molar-refractivity contribution in [2.24, 2.45) is 29.6 Å². The molecule has 0 heterocycles. The predicted octanol–water partition coefficient (Wildman–Crippen LogP) is 3.87. The summed E-state index contributed by atoms with van der Waals surface area (Å²) >= 11 is 24.7. The van der Waals surface area contributed by atoms with Crippen LogP contribution in [-0.2, 0) is 0 Å². The molecule has 0 aromatic rings. The van der Waals surface area contributed by atoms with Crippen LogP contribution in [0, 0.1) is 29.6 Å². The Hall–Kier alpha value is 1.16. The first-order valence-corrected chi connectivity index (χ1v) is 6.15. The van der Waals surface area contributed by atoms with Crippen molar-refractivity contribution in [1.29, 1.82) is 0 Å². The lowest BCUT2D eigenvalue weighted by molar-refractivity contribution is 0.339. The van der Waals surface area contributed by atoms with E-state index in [-0.39, 0.29) is 0 Å². The second-order valence-corrected chi connectivity index (χ2v) is 7.60. The second-order valence-electron chi connectivity index (χ2n) is 4.71. The molecular formula is C9H10Cl4. The monoisotopic (exact) mass is 258 g/mol. The van der Waals surface area contributed by atoms with Gasteiger partial charge in [0.25, 0.3) is 0 Å². The first kappa shape index (κ1) is 9.39. The predicted molar refractivity (Wildman–Crippen MR) is 56.6 cm³/mol. The zero-order chi connectivity index (χ0) is 9.59. The summed E-state index contributed by atoms with van der Waals surface area (Å²) in [6.45, 7) is 2.17. The maximum atomic E-state index is 6.17. The molecule has 0 N–H and O–H groups in total. The second kappa shape index (κ2) is 2.29. The standard InChI is InChI=1S/C9H10Cl4/c1-3-6-4(8(6,10)11)2-5-7(3)9(5,12)13/h3-7H,2H2,1H3. The summed E-state index contributed by atoms with van der Waals surface area (Å²) in [6.07, 6.45) is 1.01. The molecule has 0 aromatic carbocycles. The first-order chi connectivity index (χ1) is 5.88. The van der Waals surface area contributed by atoms with E-state index in [2.05, 4.69) is 6.92 Å². The molecule has 3 saturated carbocycles. The lowest BCUT2D eigenvalue weighted by atomic mass is 9.91. The van der Waals surface area contributed by atoms with Crippen LogP contribution in [0.4, 0.5) is 0 Å². The van der Waals surface area contributed by atoms with E-state index in [1.807, 2.05) is 0 Å². The summed E-state index contributed by atoms with van der Waals surface area (Å²) in [5.41, 5.74) is 0. The highest BCUT2D eigenvalue weighted by atomic mass is 35.5. The Labute approximate surface area is 97.9 Å². The Bertz CT molecular complexity index is 247. The Kier molecular flexibility index (Phi) is 1.65. The number of hydrogen-bond acceptors (Lipinski definition) is 0. The van der Waals surface area contributed by atoms with Crippen molar-refractivity contribution in [3.63, 3.8) is 0 Å². The van der Waals surface area contributed by atoms with Crippen molar-refractivity contribution < 1.29 is 0 Å². The summed E-state index contributed by atoms with van der Waals surface area (Å²) in [5.74, 6) is 2.21. The van der Waals surface area contributed by atoms with E-state index in [1.165, 1.54) is 0 Å². The normalized spacial score (nSPS) is 59.3. The van der Waals surface area contributed by atoms with Crippen LogP contribution in [-0.4, -0.2) is 8.67 Å². The van der Waals surface area contributed by atoms with Crippen LogP contribution in [0.25, 0.3) is 0 Å². The third-order valence-electron chi connectivity index (χ3n) is 4.17. The van der Waals surface area contributed by atoms with E-state index in [1.54, 1.807) is 0 Å². The van der Waals surface area contributed by atoms with Gasteiger partial charge in [0, 0.05) is 11.8 Å². The van der Waals surface area contributed by atoms with Crippen LogP contribution in [0.3, 0.4) is 0 Å². The minimum atomic E-state index is -0.476. The van der Waals surface area contributed by atoms with E-state index in [9.17, 15) is 0 Å². The van der Waals surface area contributed by atoms with Gasteiger partial charge in [-0.05, 0) is 24.2 Å². The summed E-state index contributed by atoms with van der Waals surface area (Å²) in [5, 5.41) is 0.